The van der Waals surface area contributed by atoms with E-state index in [1.54, 1.807) is 13.8 Å². The SMILES string of the molecule is C#C[C@@]1(F)[C@H](O)[C@@H](CO)O[C@H]1n1cnc2c(=O)n(C(=O)C(C)C)c(N)nc21. The molecule has 0 unspecified atom stereocenters. The van der Waals surface area contributed by atoms with Crippen LogP contribution in [0.25, 0.3) is 11.2 Å². The van der Waals surface area contributed by atoms with Crippen LogP contribution in [0.4, 0.5) is 10.3 Å². The van der Waals surface area contributed by atoms with Crippen LogP contribution < -0.4 is 11.3 Å². The first kappa shape index (κ1) is 19.0. The van der Waals surface area contributed by atoms with E-state index >= 15 is 4.39 Å². The standard InChI is InChI=1S/C16H18FN5O5/c1-4-16(17)10(24)8(5-23)27-14(16)21-6-19-9-11(21)20-15(18)22(13(9)26)12(25)7(2)3/h1,6-8,10,14,23-24H,5H2,2-3H3,(H2,18,20)/t8-,10-,14-,16-/m1/s1. The van der Waals surface area contributed by atoms with Crippen molar-refractivity contribution in [3.63, 3.8) is 0 Å². The van der Waals surface area contributed by atoms with Gasteiger partial charge in [0.2, 0.25) is 17.5 Å². The predicted molar refractivity (Wildman–Crippen MR) is 91.3 cm³/mol. The summed E-state index contributed by atoms with van der Waals surface area (Å²) in [7, 11) is 0. The first-order valence-electron chi connectivity index (χ1n) is 8.07. The Bertz CT molecular complexity index is 1010. The third-order valence-electron chi connectivity index (χ3n) is 4.44. The largest absolute Gasteiger partial charge is 0.394 e. The number of nitrogen functional groups attached to an aromatic ring is 1. The lowest BCUT2D eigenvalue weighted by Gasteiger charge is -2.23. The maximum absolute atomic E-state index is 15.2. The van der Waals surface area contributed by atoms with Gasteiger partial charge in [-0.1, -0.05) is 19.8 Å². The first-order valence-corrected chi connectivity index (χ1v) is 8.07. The second-order valence-electron chi connectivity index (χ2n) is 6.49. The van der Waals surface area contributed by atoms with Gasteiger partial charge in [-0.2, -0.15) is 4.98 Å². The fourth-order valence-corrected chi connectivity index (χ4v) is 2.95. The van der Waals surface area contributed by atoms with Gasteiger partial charge in [-0.25, -0.2) is 13.9 Å². The molecule has 1 aliphatic heterocycles. The molecule has 144 valence electrons. The highest BCUT2D eigenvalue weighted by atomic mass is 19.1. The van der Waals surface area contributed by atoms with Gasteiger partial charge in [0.25, 0.3) is 5.56 Å². The van der Waals surface area contributed by atoms with Crippen LogP contribution in [0.1, 0.15) is 24.9 Å². The Labute approximate surface area is 152 Å². The fourth-order valence-electron chi connectivity index (χ4n) is 2.95. The molecule has 4 N–H and O–H groups in total. The number of terminal acetylenes is 1. The zero-order valence-corrected chi connectivity index (χ0v) is 14.5. The topological polar surface area (TPSA) is 145 Å². The zero-order valence-electron chi connectivity index (χ0n) is 14.5. The van der Waals surface area contributed by atoms with E-state index < -0.39 is 54.0 Å². The smallest absolute Gasteiger partial charge is 0.289 e. The molecule has 2 aromatic heterocycles. The van der Waals surface area contributed by atoms with E-state index in [1.165, 1.54) is 0 Å². The molecule has 0 amide bonds. The lowest BCUT2D eigenvalue weighted by Crippen LogP contribution is -2.42. The zero-order chi connectivity index (χ0) is 20.1. The van der Waals surface area contributed by atoms with Crippen molar-refractivity contribution in [1.82, 2.24) is 19.1 Å². The first-order chi connectivity index (χ1) is 12.7. The molecule has 10 nitrogen and oxygen atoms in total. The number of aliphatic hydroxyl groups excluding tert-OH is 2. The highest BCUT2D eigenvalue weighted by Crippen LogP contribution is 2.42. The molecular weight excluding hydrogens is 361 g/mol. The molecule has 2 aromatic rings. The number of aromatic nitrogens is 4. The van der Waals surface area contributed by atoms with Crippen LogP contribution in [0.3, 0.4) is 0 Å². The number of nitrogens with two attached hydrogens (primary N) is 1. The van der Waals surface area contributed by atoms with Crippen LogP contribution in [-0.4, -0.2) is 59.7 Å². The van der Waals surface area contributed by atoms with Gasteiger partial charge in [0.05, 0.1) is 12.9 Å². The Balaban J connectivity index is 2.20. The number of hydrogen-bond acceptors (Lipinski definition) is 8. The second kappa shape index (κ2) is 6.41. The molecule has 11 heteroatoms. The lowest BCUT2D eigenvalue weighted by molar-refractivity contribution is -0.0504. The molecule has 4 atom stereocenters. The number of anilines is 1. The molecule has 1 saturated heterocycles. The van der Waals surface area contributed by atoms with Crippen molar-refractivity contribution in [3.05, 3.63) is 16.7 Å². The molecule has 0 aliphatic carbocycles. The van der Waals surface area contributed by atoms with E-state index in [1.807, 2.05) is 5.92 Å². The van der Waals surface area contributed by atoms with Crippen LogP contribution >= 0.6 is 0 Å². The molecule has 1 fully saturated rings. The van der Waals surface area contributed by atoms with Crippen molar-refractivity contribution >= 4 is 23.0 Å². The number of alkyl halides is 1. The number of rotatable bonds is 3. The number of carbonyl (C=O) groups excluding carboxylic acids is 1. The van der Waals surface area contributed by atoms with E-state index in [0.29, 0.717) is 4.57 Å². The Morgan fingerprint density at radius 1 is 1.59 bits per heavy atom. The summed E-state index contributed by atoms with van der Waals surface area (Å²) in [6.45, 7) is 2.50. The maximum atomic E-state index is 15.2. The van der Waals surface area contributed by atoms with Gasteiger partial charge in [-0.3, -0.25) is 14.2 Å². The predicted octanol–water partition coefficient (Wildman–Crippen LogP) is -0.937. The van der Waals surface area contributed by atoms with Crippen molar-refractivity contribution in [3.8, 4) is 12.3 Å². The third-order valence-corrected chi connectivity index (χ3v) is 4.44. The van der Waals surface area contributed by atoms with Crippen LogP contribution in [0, 0.1) is 18.3 Å². The fraction of sp³-hybridized carbons (Fsp3) is 0.500. The molecular formula is C16H18FN5O5. The molecule has 0 bridgehead atoms. The summed E-state index contributed by atoms with van der Waals surface area (Å²) in [5, 5.41) is 19.3. The number of ether oxygens (including phenoxy) is 1. The number of carbonyl (C=O) groups is 1. The number of aliphatic hydroxyl groups is 2. The Morgan fingerprint density at radius 2 is 2.26 bits per heavy atom. The molecule has 3 heterocycles. The van der Waals surface area contributed by atoms with E-state index in [2.05, 4.69) is 9.97 Å². The monoisotopic (exact) mass is 379 g/mol. The highest BCUT2D eigenvalue weighted by Gasteiger charge is 2.57. The van der Waals surface area contributed by atoms with Crippen LogP contribution in [0.15, 0.2) is 11.1 Å². The molecule has 0 aromatic carbocycles. The van der Waals surface area contributed by atoms with Gasteiger partial charge >= 0.3 is 0 Å². The van der Waals surface area contributed by atoms with E-state index in [0.717, 1.165) is 10.9 Å². The molecule has 0 saturated carbocycles. The summed E-state index contributed by atoms with van der Waals surface area (Å²) in [5.41, 5.74) is 1.81. The molecule has 3 rings (SSSR count). The summed E-state index contributed by atoms with van der Waals surface area (Å²) in [6, 6.07) is 0. The summed E-state index contributed by atoms with van der Waals surface area (Å²) < 4.78 is 22.2. The van der Waals surface area contributed by atoms with Crippen molar-refractivity contribution in [2.24, 2.45) is 5.92 Å². The second-order valence-corrected chi connectivity index (χ2v) is 6.49. The van der Waals surface area contributed by atoms with E-state index in [9.17, 15) is 19.8 Å². The summed E-state index contributed by atoms with van der Waals surface area (Å²) in [6.07, 6.45) is 1.58. The van der Waals surface area contributed by atoms with Gasteiger partial charge in [0.1, 0.15) is 12.2 Å². The maximum Gasteiger partial charge on any atom is 0.289 e. The third kappa shape index (κ3) is 2.61. The van der Waals surface area contributed by atoms with Crippen molar-refractivity contribution in [1.29, 1.82) is 0 Å². The van der Waals surface area contributed by atoms with Crippen LogP contribution in [0.5, 0.6) is 0 Å². The molecule has 0 radical (unpaired) electrons. The molecule has 1 aliphatic rings. The normalized spacial score (nSPS) is 28.0. The quantitative estimate of drug-likeness (QED) is 0.580. The summed E-state index contributed by atoms with van der Waals surface area (Å²) >= 11 is 0. The number of imidazole rings is 1. The van der Waals surface area contributed by atoms with Gasteiger partial charge in [0, 0.05) is 5.92 Å². The van der Waals surface area contributed by atoms with Gasteiger partial charge in [-0.05, 0) is 0 Å². The van der Waals surface area contributed by atoms with Gasteiger partial charge < -0.3 is 20.7 Å². The average molecular weight is 379 g/mol. The lowest BCUT2D eigenvalue weighted by atomic mass is 9.97. The van der Waals surface area contributed by atoms with Crippen molar-refractivity contribution in [2.45, 2.75) is 38.0 Å². The van der Waals surface area contributed by atoms with Crippen molar-refractivity contribution < 1.29 is 24.1 Å². The summed E-state index contributed by atoms with van der Waals surface area (Å²) in [5.74, 6) is 0.332. The Kier molecular flexibility index (Phi) is 4.51. The number of nitrogens with zero attached hydrogens (tertiary/aromatic N) is 4. The van der Waals surface area contributed by atoms with E-state index in [-0.39, 0.29) is 11.2 Å². The molecule has 0 spiro atoms. The molecule has 27 heavy (non-hydrogen) atoms. The van der Waals surface area contributed by atoms with E-state index in [4.69, 9.17) is 16.9 Å². The minimum Gasteiger partial charge on any atom is -0.394 e. The van der Waals surface area contributed by atoms with Gasteiger partial charge in [-0.15, -0.1) is 6.42 Å². The highest BCUT2D eigenvalue weighted by molar-refractivity contribution is 5.85. The Morgan fingerprint density at radius 3 is 2.81 bits per heavy atom. The number of hydrogen-bond donors (Lipinski definition) is 3. The minimum atomic E-state index is -2.71. The number of halogens is 1. The minimum absolute atomic E-state index is 0.168. The van der Waals surface area contributed by atoms with Crippen LogP contribution in [0.2, 0.25) is 0 Å². The Hall–Kier alpha value is -2.81. The number of fused-ring (bicyclic) bond motifs is 1. The average Bonchev–Trinajstić information content (AvgIpc) is 3.14. The summed E-state index contributed by atoms with van der Waals surface area (Å²) in [4.78, 5) is 32.7. The van der Waals surface area contributed by atoms with Crippen molar-refractivity contribution in [2.75, 3.05) is 12.3 Å². The van der Waals surface area contributed by atoms with Crippen LogP contribution in [-0.2, 0) is 4.74 Å². The van der Waals surface area contributed by atoms with Gasteiger partial charge in [0.15, 0.2) is 17.4 Å².